The summed E-state index contributed by atoms with van der Waals surface area (Å²) in [4.78, 5) is 11.5. The maximum absolute atomic E-state index is 11.5. The monoisotopic (exact) mass is 321 g/mol. The van der Waals surface area contributed by atoms with Crippen molar-refractivity contribution < 1.29 is 14.3 Å². The first kappa shape index (κ1) is 15.9. The average molecular weight is 321 g/mol. The molecule has 0 aliphatic carbocycles. The number of ether oxygens (including phenoxy) is 2. The third-order valence-corrected chi connectivity index (χ3v) is 4.01. The van der Waals surface area contributed by atoms with Gasteiger partial charge in [0.05, 0.1) is 14.2 Å². The van der Waals surface area contributed by atoms with Crippen LogP contribution in [0.4, 0.5) is 0 Å². The van der Waals surface area contributed by atoms with Gasteiger partial charge in [0.1, 0.15) is 11.5 Å². The van der Waals surface area contributed by atoms with Gasteiger partial charge in [0.2, 0.25) is 5.91 Å². The van der Waals surface area contributed by atoms with Crippen LogP contribution in [-0.2, 0) is 6.42 Å². The summed E-state index contributed by atoms with van der Waals surface area (Å²) in [6, 6.07) is 17.7. The Kier molecular flexibility index (Phi) is 4.38. The minimum atomic E-state index is -0.458. The fraction of sp³-hybridized carbons (Fsp3) is 0.150. The molecule has 2 N–H and O–H groups in total. The second kappa shape index (κ2) is 6.62. The van der Waals surface area contributed by atoms with E-state index in [2.05, 4.69) is 18.2 Å². The summed E-state index contributed by atoms with van der Waals surface area (Å²) in [5, 5.41) is 2.27. The fourth-order valence-electron chi connectivity index (χ4n) is 2.77. The number of methoxy groups -OCH3 is 2. The summed E-state index contributed by atoms with van der Waals surface area (Å²) in [6.45, 7) is 0. The van der Waals surface area contributed by atoms with Gasteiger partial charge in [0.25, 0.3) is 0 Å². The number of fused-ring (bicyclic) bond motifs is 1. The third kappa shape index (κ3) is 3.33. The van der Waals surface area contributed by atoms with E-state index in [1.54, 1.807) is 20.3 Å². The van der Waals surface area contributed by atoms with Crippen LogP contribution >= 0.6 is 0 Å². The molecule has 3 aromatic rings. The molecular weight excluding hydrogens is 302 g/mol. The number of carbonyl (C=O) groups excluding carboxylic acids is 1. The molecule has 0 spiro atoms. The molecule has 4 nitrogen and oxygen atoms in total. The van der Waals surface area contributed by atoms with Gasteiger partial charge in [-0.25, -0.2) is 0 Å². The van der Waals surface area contributed by atoms with Gasteiger partial charge in [-0.15, -0.1) is 0 Å². The van der Waals surface area contributed by atoms with Gasteiger partial charge in [0, 0.05) is 5.56 Å². The number of nitrogens with two attached hydrogens (primary N) is 1. The predicted octanol–water partition coefficient (Wildman–Crippen LogP) is 3.55. The molecule has 0 bridgehead atoms. The highest BCUT2D eigenvalue weighted by Gasteiger charge is 2.07. The molecule has 4 heteroatoms. The number of amides is 1. The Balaban J connectivity index is 1.94. The average Bonchev–Trinajstić information content (AvgIpc) is 2.60. The number of benzene rings is 3. The highest BCUT2D eigenvalue weighted by Crippen LogP contribution is 2.24. The van der Waals surface area contributed by atoms with Crippen LogP contribution in [0.2, 0.25) is 0 Å². The number of hydrogen-bond acceptors (Lipinski definition) is 3. The van der Waals surface area contributed by atoms with Gasteiger partial charge < -0.3 is 15.2 Å². The zero-order chi connectivity index (χ0) is 17.1. The maximum Gasteiger partial charge on any atom is 0.248 e. The quantitative estimate of drug-likeness (QED) is 0.782. The SMILES string of the molecule is COc1cc(Cc2ccc3cc(OC)ccc3c2)cc(C(N)=O)c1. The van der Waals surface area contributed by atoms with Gasteiger partial charge in [-0.2, -0.15) is 0 Å². The molecule has 0 radical (unpaired) electrons. The van der Waals surface area contributed by atoms with E-state index in [1.165, 1.54) is 0 Å². The second-order valence-corrected chi connectivity index (χ2v) is 5.66. The zero-order valence-corrected chi connectivity index (χ0v) is 13.7. The normalized spacial score (nSPS) is 10.6. The van der Waals surface area contributed by atoms with E-state index in [0.29, 0.717) is 17.7 Å². The molecular formula is C20H19NO3. The van der Waals surface area contributed by atoms with Crippen molar-refractivity contribution in [2.24, 2.45) is 5.73 Å². The zero-order valence-electron chi connectivity index (χ0n) is 13.7. The highest BCUT2D eigenvalue weighted by atomic mass is 16.5. The number of primary amides is 1. The third-order valence-electron chi connectivity index (χ3n) is 4.01. The lowest BCUT2D eigenvalue weighted by Gasteiger charge is -2.09. The highest BCUT2D eigenvalue weighted by molar-refractivity contribution is 5.93. The lowest BCUT2D eigenvalue weighted by atomic mass is 9.99. The van der Waals surface area contributed by atoms with Crippen molar-refractivity contribution in [1.29, 1.82) is 0 Å². The Hall–Kier alpha value is -3.01. The molecule has 3 rings (SSSR count). The minimum absolute atomic E-state index is 0.454. The summed E-state index contributed by atoms with van der Waals surface area (Å²) in [7, 11) is 3.24. The Morgan fingerprint density at radius 3 is 2.25 bits per heavy atom. The van der Waals surface area contributed by atoms with Crippen LogP contribution in [0.5, 0.6) is 11.5 Å². The fourth-order valence-corrected chi connectivity index (χ4v) is 2.77. The molecule has 1 amide bonds. The van der Waals surface area contributed by atoms with Crippen molar-refractivity contribution in [2.45, 2.75) is 6.42 Å². The smallest absolute Gasteiger partial charge is 0.248 e. The predicted molar refractivity (Wildman–Crippen MR) is 94.8 cm³/mol. The van der Waals surface area contributed by atoms with Crippen LogP contribution in [0.15, 0.2) is 54.6 Å². The first-order valence-corrected chi connectivity index (χ1v) is 7.63. The largest absolute Gasteiger partial charge is 0.497 e. The summed E-state index contributed by atoms with van der Waals surface area (Å²) in [6.07, 6.45) is 0.694. The molecule has 0 aliphatic rings. The molecule has 0 aromatic heterocycles. The van der Waals surface area contributed by atoms with Gasteiger partial charge in [-0.05, 0) is 58.7 Å². The van der Waals surface area contributed by atoms with Crippen molar-refractivity contribution >= 4 is 16.7 Å². The first-order valence-electron chi connectivity index (χ1n) is 7.63. The van der Waals surface area contributed by atoms with Crippen molar-refractivity contribution in [1.82, 2.24) is 0 Å². The van der Waals surface area contributed by atoms with E-state index in [1.807, 2.05) is 30.3 Å². The summed E-state index contributed by atoms with van der Waals surface area (Å²) in [5.41, 5.74) is 7.98. The molecule has 0 saturated carbocycles. The van der Waals surface area contributed by atoms with Gasteiger partial charge in [0.15, 0.2) is 0 Å². The molecule has 0 aliphatic heterocycles. The van der Waals surface area contributed by atoms with Crippen molar-refractivity contribution in [3.8, 4) is 11.5 Å². The second-order valence-electron chi connectivity index (χ2n) is 5.66. The summed E-state index contributed by atoms with van der Waals surface area (Å²) >= 11 is 0. The number of hydrogen-bond donors (Lipinski definition) is 1. The lowest BCUT2D eigenvalue weighted by Crippen LogP contribution is -2.11. The number of carbonyl (C=O) groups is 1. The van der Waals surface area contributed by atoms with Crippen LogP contribution < -0.4 is 15.2 Å². The lowest BCUT2D eigenvalue weighted by molar-refractivity contribution is 0.1000. The molecule has 122 valence electrons. The van der Waals surface area contributed by atoms with Gasteiger partial charge in [-0.3, -0.25) is 4.79 Å². The Labute approximate surface area is 140 Å². The molecule has 0 unspecified atom stereocenters. The standard InChI is InChI=1S/C20H19NO3/c1-23-18-6-5-15-8-13(3-4-16(15)11-18)7-14-9-17(20(21)22)12-19(10-14)24-2/h3-6,8-12H,7H2,1-2H3,(H2,21,22). The van der Waals surface area contributed by atoms with Crippen LogP contribution in [0.25, 0.3) is 10.8 Å². The Morgan fingerprint density at radius 2 is 1.54 bits per heavy atom. The van der Waals surface area contributed by atoms with Crippen LogP contribution in [-0.4, -0.2) is 20.1 Å². The molecule has 0 fully saturated rings. The molecule has 3 aromatic carbocycles. The van der Waals surface area contributed by atoms with E-state index >= 15 is 0 Å². The first-order chi connectivity index (χ1) is 11.6. The van der Waals surface area contributed by atoms with Crippen LogP contribution in [0.1, 0.15) is 21.5 Å². The summed E-state index contributed by atoms with van der Waals surface area (Å²) < 4.78 is 10.5. The van der Waals surface area contributed by atoms with E-state index in [4.69, 9.17) is 15.2 Å². The molecule has 0 heterocycles. The summed E-state index contributed by atoms with van der Waals surface area (Å²) in [5.74, 6) is 1.02. The topological polar surface area (TPSA) is 61.6 Å². The number of rotatable bonds is 5. The van der Waals surface area contributed by atoms with Gasteiger partial charge in [-0.1, -0.05) is 24.3 Å². The van der Waals surface area contributed by atoms with Crippen molar-refractivity contribution in [3.05, 3.63) is 71.3 Å². The Morgan fingerprint density at radius 1 is 0.833 bits per heavy atom. The van der Waals surface area contributed by atoms with E-state index in [0.717, 1.165) is 27.6 Å². The molecule has 24 heavy (non-hydrogen) atoms. The Bertz CT molecular complexity index is 903. The van der Waals surface area contributed by atoms with E-state index in [9.17, 15) is 4.79 Å². The van der Waals surface area contributed by atoms with Gasteiger partial charge >= 0.3 is 0 Å². The van der Waals surface area contributed by atoms with Crippen LogP contribution in [0, 0.1) is 0 Å². The molecule has 0 saturated heterocycles. The van der Waals surface area contributed by atoms with Crippen molar-refractivity contribution in [3.63, 3.8) is 0 Å². The maximum atomic E-state index is 11.5. The molecule has 0 atom stereocenters. The van der Waals surface area contributed by atoms with Crippen molar-refractivity contribution in [2.75, 3.05) is 14.2 Å². The van der Waals surface area contributed by atoms with E-state index < -0.39 is 5.91 Å². The minimum Gasteiger partial charge on any atom is -0.497 e. The van der Waals surface area contributed by atoms with E-state index in [-0.39, 0.29) is 0 Å². The van der Waals surface area contributed by atoms with Crippen LogP contribution in [0.3, 0.4) is 0 Å².